The normalized spacial score (nSPS) is 23.0. The molecule has 0 aromatic rings. The second-order valence-corrected chi connectivity index (χ2v) is 3.12. The summed E-state index contributed by atoms with van der Waals surface area (Å²) in [6, 6.07) is 0.395. The molecule has 0 aromatic heterocycles. The maximum absolute atomic E-state index is 8.32. The number of rotatable bonds is 0. The monoisotopic (exact) mass is 166 g/mol. The van der Waals surface area contributed by atoms with Crippen LogP contribution in [0.25, 0.3) is 0 Å². The first-order chi connectivity index (χ1) is 5.75. The van der Waals surface area contributed by atoms with E-state index in [-0.39, 0.29) is 5.96 Å². The molecule has 0 bridgehead atoms. The zero-order valence-corrected chi connectivity index (χ0v) is 7.30. The smallest absolute Gasteiger partial charge is 0.204 e. The molecule has 0 saturated carbocycles. The Morgan fingerprint density at radius 1 is 1.67 bits per heavy atom. The van der Waals surface area contributed by atoms with Crippen LogP contribution in [0.5, 0.6) is 0 Å². The van der Waals surface area contributed by atoms with Crippen LogP contribution in [0, 0.1) is 16.9 Å². The third-order valence-electron chi connectivity index (χ3n) is 2.26. The number of piperidine rings is 1. The first kappa shape index (κ1) is 8.85. The van der Waals surface area contributed by atoms with Crippen LogP contribution >= 0.6 is 0 Å². The van der Waals surface area contributed by atoms with E-state index in [9.17, 15) is 0 Å². The maximum atomic E-state index is 8.32. The average molecular weight is 166 g/mol. The van der Waals surface area contributed by atoms with Crippen LogP contribution in [-0.4, -0.2) is 23.4 Å². The van der Waals surface area contributed by atoms with Gasteiger partial charge >= 0.3 is 0 Å². The fraction of sp³-hybridized carbons (Fsp3) is 0.750. The van der Waals surface area contributed by atoms with Gasteiger partial charge in [-0.15, -0.1) is 0 Å². The summed E-state index contributed by atoms with van der Waals surface area (Å²) in [5.74, 6) is 0.240. The molecule has 0 radical (unpaired) electrons. The van der Waals surface area contributed by atoms with Crippen LogP contribution < -0.4 is 5.32 Å². The van der Waals surface area contributed by atoms with Gasteiger partial charge in [0.1, 0.15) is 0 Å². The Kier molecular flexibility index (Phi) is 2.92. The van der Waals surface area contributed by atoms with Crippen molar-refractivity contribution in [2.24, 2.45) is 0 Å². The van der Waals surface area contributed by atoms with Gasteiger partial charge in [0.15, 0.2) is 6.19 Å². The molecule has 1 saturated heterocycles. The van der Waals surface area contributed by atoms with Crippen molar-refractivity contribution >= 4 is 5.96 Å². The molecule has 1 unspecified atom stereocenters. The lowest BCUT2D eigenvalue weighted by atomic mass is 10.0. The van der Waals surface area contributed by atoms with Crippen molar-refractivity contribution in [1.82, 2.24) is 10.2 Å². The summed E-state index contributed by atoms with van der Waals surface area (Å²) in [5, 5.41) is 18.2. The molecule has 1 aliphatic heterocycles. The molecule has 1 atom stereocenters. The lowest BCUT2D eigenvalue weighted by Gasteiger charge is -2.34. The summed E-state index contributed by atoms with van der Waals surface area (Å²) in [6.45, 7) is 2.99. The van der Waals surface area contributed by atoms with Crippen LogP contribution in [-0.2, 0) is 0 Å². The Labute approximate surface area is 72.7 Å². The maximum Gasteiger partial charge on any atom is 0.204 e. The summed E-state index contributed by atoms with van der Waals surface area (Å²) >= 11 is 0. The van der Waals surface area contributed by atoms with E-state index in [2.05, 4.69) is 12.2 Å². The molecule has 0 aliphatic carbocycles. The minimum atomic E-state index is 0.240. The van der Waals surface area contributed by atoms with Crippen LogP contribution in [0.1, 0.15) is 26.2 Å². The quantitative estimate of drug-likeness (QED) is 0.243. The number of nitrogens with zero attached hydrogens (tertiary/aromatic N) is 2. The van der Waals surface area contributed by atoms with E-state index in [0.29, 0.717) is 6.04 Å². The van der Waals surface area contributed by atoms with E-state index in [1.165, 1.54) is 6.42 Å². The summed E-state index contributed by atoms with van der Waals surface area (Å²) in [4.78, 5) is 1.94. The van der Waals surface area contributed by atoms with Crippen molar-refractivity contribution in [2.45, 2.75) is 32.2 Å². The van der Waals surface area contributed by atoms with E-state index >= 15 is 0 Å². The molecule has 1 fully saturated rings. The second-order valence-electron chi connectivity index (χ2n) is 3.12. The van der Waals surface area contributed by atoms with Gasteiger partial charge < -0.3 is 4.90 Å². The zero-order chi connectivity index (χ0) is 8.97. The highest BCUT2D eigenvalue weighted by atomic mass is 15.3. The van der Waals surface area contributed by atoms with Crippen LogP contribution in [0.3, 0.4) is 0 Å². The Hall–Kier alpha value is -1.24. The minimum absolute atomic E-state index is 0.240. The third-order valence-corrected chi connectivity index (χ3v) is 2.26. The standard InChI is InChI=1S/C8H14N4/c1-7-4-2-3-5-12(7)8(10)11-6-9/h7H,2-5H2,1H3,(H2,10,11). The van der Waals surface area contributed by atoms with Crippen molar-refractivity contribution in [3.05, 3.63) is 0 Å². The molecular formula is C8H14N4. The molecule has 1 heterocycles. The van der Waals surface area contributed by atoms with Gasteiger partial charge in [-0.25, -0.2) is 0 Å². The van der Waals surface area contributed by atoms with Gasteiger partial charge in [-0.05, 0) is 26.2 Å². The van der Waals surface area contributed by atoms with Crippen LogP contribution in [0.15, 0.2) is 0 Å². The third kappa shape index (κ3) is 1.88. The number of nitriles is 1. The summed E-state index contributed by atoms with van der Waals surface area (Å²) < 4.78 is 0. The fourth-order valence-electron chi connectivity index (χ4n) is 1.56. The predicted octanol–water partition coefficient (Wildman–Crippen LogP) is 0.866. The molecule has 12 heavy (non-hydrogen) atoms. The van der Waals surface area contributed by atoms with Crippen molar-refractivity contribution in [3.63, 3.8) is 0 Å². The van der Waals surface area contributed by atoms with E-state index in [1.54, 1.807) is 6.19 Å². The number of hydrogen-bond acceptors (Lipinski definition) is 2. The summed E-state index contributed by atoms with van der Waals surface area (Å²) in [6.07, 6.45) is 5.25. The topological polar surface area (TPSA) is 62.9 Å². The summed E-state index contributed by atoms with van der Waals surface area (Å²) in [5.41, 5.74) is 0. The Bertz CT molecular complexity index is 206. The number of guanidine groups is 1. The Morgan fingerprint density at radius 3 is 3.00 bits per heavy atom. The highest BCUT2D eigenvalue weighted by molar-refractivity contribution is 5.78. The van der Waals surface area contributed by atoms with Crippen LogP contribution in [0.4, 0.5) is 0 Å². The number of hydrogen-bond donors (Lipinski definition) is 2. The second kappa shape index (κ2) is 3.96. The molecular weight excluding hydrogens is 152 g/mol. The molecule has 1 aliphatic rings. The molecule has 4 nitrogen and oxygen atoms in total. The lowest BCUT2D eigenvalue weighted by molar-refractivity contribution is 0.251. The van der Waals surface area contributed by atoms with Gasteiger partial charge in [-0.1, -0.05) is 0 Å². The number of nitrogens with one attached hydrogen (secondary N) is 2. The van der Waals surface area contributed by atoms with Crippen molar-refractivity contribution in [3.8, 4) is 6.19 Å². The first-order valence-electron chi connectivity index (χ1n) is 4.26. The van der Waals surface area contributed by atoms with E-state index in [1.807, 2.05) is 4.90 Å². The zero-order valence-electron chi connectivity index (χ0n) is 7.30. The molecule has 66 valence electrons. The average Bonchev–Trinajstić information content (AvgIpc) is 2.05. The Morgan fingerprint density at radius 2 is 2.42 bits per heavy atom. The lowest BCUT2D eigenvalue weighted by Crippen LogP contribution is -2.46. The minimum Gasteiger partial charge on any atom is -0.340 e. The summed E-state index contributed by atoms with van der Waals surface area (Å²) in [7, 11) is 0. The Balaban J connectivity index is 2.49. The van der Waals surface area contributed by atoms with E-state index < -0.39 is 0 Å². The number of likely N-dealkylation sites (tertiary alicyclic amines) is 1. The SMILES string of the molecule is CC1CCCCN1C(=N)NC#N. The van der Waals surface area contributed by atoms with Crippen LogP contribution in [0.2, 0.25) is 0 Å². The molecule has 0 amide bonds. The predicted molar refractivity (Wildman–Crippen MR) is 46.5 cm³/mol. The molecule has 4 heteroatoms. The first-order valence-corrected chi connectivity index (χ1v) is 4.26. The van der Waals surface area contributed by atoms with Gasteiger partial charge in [0.25, 0.3) is 0 Å². The van der Waals surface area contributed by atoms with E-state index in [0.717, 1.165) is 19.4 Å². The van der Waals surface area contributed by atoms with Gasteiger partial charge in [-0.2, -0.15) is 5.26 Å². The molecule has 0 aromatic carbocycles. The van der Waals surface area contributed by atoms with Gasteiger partial charge in [0.2, 0.25) is 5.96 Å². The molecule has 1 rings (SSSR count). The van der Waals surface area contributed by atoms with Gasteiger partial charge in [-0.3, -0.25) is 10.7 Å². The van der Waals surface area contributed by atoms with Crippen molar-refractivity contribution in [2.75, 3.05) is 6.54 Å². The highest BCUT2D eigenvalue weighted by Gasteiger charge is 2.20. The highest BCUT2D eigenvalue weighted by Crippen LogP contribution is 2.15. The van der Waals surface area contributed by atoms with Crippen molar-refractivity contribution in [1.29, 1.82) is 10.7 Å². The largest absolute Gasteiger partial charge is 0.340 e. The molecule has 0 spiro atoms. The molecule has 2 N–H and O–H groups in total. The van der Waals surface area contributed by atoms with Crippen molar-refractivity contribution < 1.29 is 0 Å². The van der Waals surface area contributed by atoms with Gasteiger partial charge in [0, 0.05) is 12.6 Å². The van der Waals surface area contributed by atoms with E-state index in [4.69, 9.17) is 10.7 Å². The van der Waals surface area contributed by atoms with Gasteiger partial charge in [0.05, 0.1) is 0 Å². The fourth-order valence-corrected chi connectivity index (χ4v) is 1.56.